The van der Waals surface area contributed by atoms with Crippen molar-refractivity contribution in [3.8, 4) is 0 Å². The second-order valence-electron chi connectivity index (χ2n) is 3.89. The molecule has 0 radical (unpaired) electrons. The van der Waals surface area contributed by atoms with E-state index in [1.165, 1.54) is 22.6 Å². The van der Waals surface area contributed by atoms with Crippen LogP contribution >= 0.6 is 23.5 Å². The molecule has 0 aliphatic carbocycles. The maximum absolute atomic E-state index is 2.30. The van der Waals surface area contributed by atoms with Gasteiger partial charge >= 0.3 is 0 Å². The molecule has 0 spiro atoms. The molecule has 1 saturated heterocycles. The van der Waals surface area contributed by atoms with E-state index in [-0.39, 0.29) is 0 Å². The molecule has 0 nitrogen and oxygen atoms in total. The number of rotatable bonds is 2. The lowest BCUT2D eigenvalue weighted by molar-refractivity contribution is 0.866. The smallest absolute Gasteiger partial charge is 0.0751 e. The first-order valence-electron chi connectivity index (χ1n) is 5.10. The van der Waals surface area contributed by atoms with Crippen molar-refractivity contribution < 1.29 is 0 Å². The molecule has 1 heterocycles. The second kappa shape index (κ2) is 4.63. The van der Waals surface area contributed by atoms with E-state index in [0.29, 0.717) is 10.5 Å². The van der Waals surface area contributed by atoms with Crippen LogP contribution < -0.4 is 0 Å². The topological polar surface area (TPSA) is 0 Å². The number of benzene rings is 1. The summed E-state index contributed by atoms with van der Waals surface area (Å²) in [6, 6.07) is 9.15. The van der Waals surface area contributed by atoms with Crippen LogP contribution in [0.1, 0.15) is 35.5 Å². The third-order valence-corrected chi connectivity index (χ3v) is 5.60. The van der Waals surface area contributed by atoms with Crippen molar-refractivity contribution >= 4 is 23.5 Å². The lowest BCUT2D eigenvalue weighted by Gasteiger charge is -2.10. The van der Waals surface area contributed by atoms with Gasteiger partial charge in [0, 0.05) is 11.5 Å². The first-order valence-corrected chi connectivity index (χ1v) is 7.20. The summed E-state index contributed by atoms with van der Waals surface area (Å²) in [5.41, 5.74) is 2.93. The van der Waals surface area contributed by atoms with Crippen LogP contribution in [0.4, 0.5) is 0 Å². The fourth-order valence-corrected chi connectivity index (χ4v) is 4.45. The van der Waals surface area contributed by atoms with Crippen LogP contribution in [0.3, 0.4) is 0 Å². The van der Waals surface area contributed by atoms with Gasteiger partial charge in [-0.2, -0.15) is 0 Å². The van der Waals surface area contributed by atoms with Gasteiger partial charge < -0.3 is 0 Å². The van der Waals surface area contributed by atoms with Gasteiger partial charge in [-0.05, 0) is 17.0 Å². The normalized spacial score (nSPS) is 17.9. The molecule has 0 atom stereocenters. The first kappa shape index (κ1) is 10.4. The number of hydrogen-bond donors (Lipinski definition) is 0. The van der Waals surface area contributed by atoms with Gasteiger partial charge in [-0.25, -0.2) is 0 Å². The molecule has 1 aliphatic rings. The fraction of sp³-hybridized carbons (Fsp3) is 0.500. The summed E-state index contributed by atoms with van der Waals surface area (Å²) in [6.07, 6.45) is 0. The molecule has 0 aromatic heterocycles. The third kappa shape index (κ3) is 2.29. The van der Waals surface area contributed by atoms with Gasteiger partial charge in [0.15, 0.2) is 0 Å². The van der Waals surface area contributed by atoms with Crippen molar-refractivity contribution in [1.82, 2.24) is 0 Å². The minimum atomic E-state index is 0.646. The van der Waals surface area contributed by atoms with E-state index in [1.807, 2.05) is 0 Å². The zero-order valence-corrected chi connectivity index (χ0v) is 10.3. The molecular formula is C12H16S2. The molecule has 0 N–H and O–H groups in total. The van der Waals surface area contributed by atoms with Crippen LogP contribution in [0.25, 0.3) is 0 Å². The van der Waals surface area contributed by atoms with Gasteiger partial charge in [0.2, 0.25) is 0 Å². The Morgan fingerprint density at radius 2 is 1.64 bits per heavy atom. The van der Waals surface area contributed by atoms with Gasteiger partial charge in [-0.15, -0.1) is 23.5 Å². The van der Waals surface area contributed by atoms with Gasteiger partial charge in [0.05, 0.1) is 4.58 Å². The molecule has 0 bridgehead atoms. The summed E-state index contributed by atoms with van der Waals surface area (Å²) in [5.74, 6) is 3.26. The summed E-state index contributed by atoms with van der Waals surface area (Å²) in [6.45, 7) is 4.49. The zero-order chi connectivity index (χ0) is 9.97. The highest BCUT2D eigenvalue weighted by molar-refractivity contribution is 8.19. The van der Waals surface area contributed by atoms with Crippen molar-refractivity contribution in [3.05, 3.63) is 35.4 Å². The van der Waals surface area contributed by atoms with Crippen LogP contribution in [-0.4, -0.2) is 11.5 Å². The fourth-order valence-electron chi connectivity index (χ4n) is 1.59. The molecular weight excluding hydrogens is 208 g/mol. The SMILES string of the molecule is CC(C)c1ccc(C2SCCS2)cc1. The van der Waals surface area contributed by atoms with Crippen molar-refractivity contribution in [1.29, 1.82) is 0 Å². The van der Waals surface area contributed by atoms with Crippen molar-refractivity contribution in [2.24, 2.45) is 0 Å². The quantitative estimate of drug-likeness (QED) is 0.735. The van der Waals surface area contributed by atoms with Crippen LogP contribution in [-0.2, 0) is 0 Å². The Labute approximate surface area is 94.9 Å². The van der Waals surface area contributed by atoms with Crippen LogP contribution in [0.2, 0.25) is 0 Å². The average Bonchev–Trinajstić information content (AvgIpc) is 2.71. The minimum Gasteiger partial charge on any atom is -0.142 e. The Morgan fingerprint density at radius 3 is 2.14 bits per heavy atom. The van der Waals surface area contributed by atoms with E-state index in [0.717, 1.165) is 0 Å². The number of hydrogen-bond acceptors (Lipinski definition) is 2. The summed E-state index contributed by atoms with van der Waals surface area (Å²) >= 11 is 4.15. The maximum Gasteiger partial charge on any atom is 0.0751 e. The van der Waals surface area contributed by atoms with E-state index in [9.17, 15) is 0 Å². The molecule has 2 rings (SSSR count). The maximum atomic E-state index is 2.30. The summed E-state index contributed by atoms with van der Waals surface area (Å²) in [7, 11) is 0. The molecule has 14 heavy (non-hydrogen) atoms. The predicted molar refractivity (Wildman–Crippen MR) is 68.2 cm³/mol. The minimum absolute atomic E-state index is 0.646. The van der Waals surface area contributed by atoms with Crippen molar-refractivity contribution in [3.63, 3.8) is 0 Å². The number of thioether (sulfide) groups is 2. The Kier molecular flexibility index (Phi) is 3.45. The van der Waals surface area contributed by atoms with Gasteiger partial charge in [-0.3, -0.25) is 0 Å². The van der Waals surface area contributed by atoms with E-state index in [4.69, 9.17) is 0 Å². The predicted octanol–water partition coefficient (Wildman–Crippen LogP) is 4.29. The summed E-state index contributed by atoms with van der Waals surface area (Å²) < 4.78 is 0.691. The van der Waals surface area contributed by atoms with Crippen molar-refractivity contribution in [2.45, 2.75) is 24.3 Å². The summed E-state index contributed by atoms with van der Waals surface area (Å²) in [5, 5.41) is 0. The van der Waals surface area contributed by atoms with Gasteiger partial charge in [-0.1, -0.05) is 38.1 Å². The third-order valence-electron chi connectivity index (χ3n) is 2.50. The highest BCUT2D eigenvalue weighted by Gasteiger charge is 2.17. The monoisotopic (exact) mass is 224 g/mol. The Balaban J connectivity index is 2.12. The zero-order valence-electron chi connectivity index (χ0n) is 8.69. The Bertz CT molecular complexity index is 284. The first-order chi connectivity index (χ1) is 6.77. The van der Waals surface area contributed by atoms with E-state index in [2.05, 4.69) is 61.6 Å². The second-order valence-corrected chi connectivity index (χ2v) is 6.62. The molecule has 1 aliphatic heterocycles. The molecule has 1 fully saturated rings. The van der Waals surface area contributed by atoms with E-state index in [1.54, 1.807) is 0 Å². The van der Waals surface area contributed by atoms with Crippen LogP contribution in [0, 0.1) is 0 Å². The molecule has 0 amide bonds. The molecule has 1 aromatic carbocycles. The summed E-state index contributed by atoms with van der Waals surface area (Å²) in [4.78, 5) is 0. The van der Waals surface area contributed by atoms with E-state index < -0.39 is 0 Å². The largest absolute Gasteiger partial charge is 0.142 e. The highest BCUT2D eigenvalue weighted by atomic mass is 32.2. The highest BCUT2D eigenvalue weighted by Crippen LogP contribution is 2.45. The Hall–Kier alpha value is -0.0800. The average molecular weight is 224 g/mol. The molecule has 1 aromatic rings. The van der Waals surface area contributed by atoms with Gasteiger partial charge in [0.25, 0.3) is 0 Å². The van der Waals surface area contributed by atoms with Crippen LogP contribution in [0.5, 0.6) is 0 Å². The molecule has 76 valence electrons. The lowest BCUT2D eigenvalue weighted by atomic mass is 10.0. The van der Waals surface area contributed by atoms with Crippen molar-refractivity contribution in [2.75, 3.05) is 11.5 Å². The van der Waals surface area contributed by atoms with Gasteiger partial charge in [0.1, 0.15) is 0 Å². The lowest BCUT2D eigenvalue weighted by Crippen LogP contribution is -1.89. The van der Waals surface area contributed by atoms with E-state index >= 15 is 0 Å². The molecule has 2 heteroatoms. The molecule has 0 unspecified atom stereocenters. The standard InChI is InChI=1S/C12H16S2/c1-9(2)10-3-5-11(6-4-10)12-13-7-8-14-12/h3-6,9,12H,7-8H2,1-2H3. The van der Waals surface area contributed by atoms with Crippen LogP contribution in [0.15, 0.2) is 24.3 Å². The Morgan fingerprint density at radius 1 is 1.07 bits per heavy atom. The molecule has 0 saturated carbocycles.